The Bertz CT molecular complexity index is 377. The lowest BCUT2D eigenvalue weighted by atomic mass is 9.89. The van der Waals surface area contributed by atoms with Crippen LogP contribution in [-0.2, 0) is 0 Å². The molecule has 1 aromatic rings. The van der Waals surface area contributed by atoms with Gasteiger partial charge in [0.05, 0.1) is 6.26 Å². The van der Waals surface area contributed by atoms with Crippen LogP contribution < -0.4 is 0 Å². The molecule has 0 bridgehead atoms. The second kappa shape index (κ2) is 5.39. The van der Waals surface area contributed by atoms with E-state index in [1.54, 1.807) is 6.26 Å². The van der Waals surface area contributed by atoms with Crippen molar-refractivity contribution in [3.05, 3.63) is 23.7 Å². The zero-order valence-electron chi connectivity index (χ0n) is 10.7. The van der Waals surface area contributed by atoms with E-state index in [2.05, 4.69) is 0 Å². The molecular formula is C14H21NO2. The molecule has 0 radical (unpaired) electrons. The van der Waals surface area contributed by atoms with E-state index in [0.717, 1.165) is 12.1 Å². The lowest BCUT2D eigenvalue weighted by Gasteiger charge is -2.26. The summed E-state index contributed by atoms with van der Waals surface area (Å²) < 4.78 is 5.25. The molecule has 1 heterocycles. The van der Waals surface area contributed by atoms with Crippen molar-refractivity contribution in [2.24, 2.45) is 5.92 Å². The van der Waals surface area contributed by atoms with Gasteiger partial charge in [0.1, 0.15) is 0 Å². The third-order valence-corrected chi connectivity index (χ3v) is 3.66. The van der Waals surface area contributed by atoms with Crippen LogP contribution >= 0.6 is 0 Å². The monoisotopic (exact) mass is 235 g/mol. The quantitative estimate of drug-likeness (QED) is 0.805. The standard InChI is InChI=1S/C14H21NO2/c1-11-8-9-17-13(11)14(16)15(2)10-12-6-4-3-5-7-12/h8-9,12H,3-7,10H2,1-2H3. The predicted octanol–water partition coefficient (Wildman–Crippen LogP) is 3.24. The summed E-state index contributed by atoms with van der Waals surface area (Å²) in [7, 11) is 1.87. The highest BCUT2D eigenvalue weighted by molar-refractivity contribution is 5.92. The highest BCUT2D eigenvalue weighted by Crippen LogP contribution is 2.24. The van der Waals surface area contributed by atoms with Crippen LogP contribution in [0.5, 0.6) is 0 Å². The summed E-state index contributed by atoms with van der Waals surface area (Å²) in [5, 5.41) is 0. The number of carbonyl (C=O) groups excluding carboxylic acids is 1. The summed E-state index contributed by atoms with van der Waals surface area (Å²) in [6, 6.07) is 1.84. The van der Waals surface area contributed by atoms with E-state index in [4.69, 9.17) is 4.42 Å². The lowest BCUT2D eigenvalue weighted by molar-refractivity contribution is 0.0728. The molecule has 1 aliphatic carbocycles. The van der Waals surface area contributed by atoms with Crippen molar-refractivity contribution < 1.29 is 9.21 Å². The molecule has 1 aliphatic rings. The molecule has 1 saturated carbocycles. The maximum atomic E-state index is 12.1. The SMILES string of the molecule is Cc1ccoc1C(=O)N(C)CC1CCCCC1. The second-order valence-electron chi connectivity index (χ2n) is 5.12. The highest BCUT2D eigenvalue weighted by atomic mass is 16.3. The highest BCUT2D eigenvalue weighted by Gasteiger charge is 2.21. The minimum atomic E-state index is 0.0121. The van der Waals surface area contributed by atoms with E-state index in [1.807, 2.05) is 24.9 Å². The molecule has 3 nitrogen and oxygen atoms in total. The molecule has 0 unspecified atom stereocenters. The molecule has 2 rings (SSSR count). The summed E-state index contributed by atoms with van der Waals surface area (Å²) in [6.07, 6.45) is 8.07. The number of nitrogens with zero attached hydrogens (tertiary/aromatic N) is 1. The average Bonchev–Trinajstić information content (AvgIpc) is 2.76. The van der Waals surface area contributed by atoms with Crippen LogP contribution in [0.4, 0.5) is 0 Å². The topological polar surface area (TPSA) is 33.5 Å². The predicted molar refractivity (Wildman–Crippen MR) is 67.0 cm³/mol. The van der Waals surface area contributed by atoms with Gasteiger partial charge in [-0.2, -0.15) is 0 Å². The van der Waals surface area contributed by atoms with Crippen molar-refractivity contribution in [2.75, 3.05) is 13.6 Å². The van der Waals surface area contributed by atoms with Crippen molar-refractivity contribution in [3.63, 3.8) is 0 Å². The maximum absolute atomic E-state index is 12.1. The molecule has 1 fully saturated rings. The smallest absolute Gasteiger partial charge is 0.289 e. The van der Waals surface area contributed by atoms with Gasteiger partial charge in [-0.25, -0.2) is 0 Å². The number of amides is 1. The second-order valence-corrected chi connectivity index (χ2v) is 5.12. The molecule has 0 saturated heterocycles. The summed E-state index contributed by atoms with van der Waals surface area (Å²) in [5.74, 6) is 1.18. The molecule has 0 atom stereocenters. The summed E-state index contributed by atoms with van der Waals surface area (Å²) in [6.45, 7) is 2.77. The van der Waals surface area contributed by atoms with Gasteiger partial charge in [-0.3, -0.25) is 4.79 Å². The van der Waals surface area contributed by atoms with Crippen molar-refractivity contribution >= 4 is 5.91 Å². The average molecular weight is 235 g/mol. The Labute approximate surface area is 103 Å². The first kappa shape index (κ1) is 12.2. The van der Waals surface area contributed by atoms with Gasteiger partial charge in [-0.15, -0.1) is 0 Å². The zero-order chi connectivity index (χ0) is 12.3. The molecule has 0 spiro atoms. The van der Waals surface area contributed by atoms with Gasteiger partial charge in [0.2, 0.25) is 0 Å². The molecule has 94 valence electrons. The van der Waals surface area contributed by atoms with E-state index in [-0.39, 0.29) is 5.91 Å². The zero-order valence-corrected chi connectivity index (χ0v) is 10.7. The number of rotatable bonds is 3. The van der Waals surface area contributed by atoms with Crippen molar-refractivity contribution in [1.82, 2.24) is 4.90 Å². The summed E-state index contributed by atoms with van der Waals surface area (Å²) >= 11 is 0. The molecular weight excluding hydrogens is 214 g/mol. The van der Waals surface area contributed by atoms with Crippen molar-refractivity contribution in [1.29, 1.82) is 0 Å². The maximum Gasteiger partial charge on any atom is 0.289 e. The van der Waals surface area contributed by atoms with Crippen LogP contribution in [0.1, 0.15) is 48.2 Å². The first-order valence-electron chi connectivity index (χ1n) is 6.48. The van der Waals surface area contributed by atoms with Gasteiger partial charge in [0.15, 0.2) is 5.76 Å². The van der Waals surface area contributed by atoms with Crippen molar-refractivity contribution in [3.8, 4) is 0 Å². The minimum absolute atomic E-state index is 0.0121. The van der Waals surface area contributed by atoms with E-state index in [0.29, 0.717) is 11.7 Å². The van der Waals surface area contributed by atoms with Gasteiger partial charge in [0.25, 0.3) is 5.91 Å². The Morgan fingerprint density at radius 1 is 1.41 bits per heavy atom. The first-order chi connectivity index (χ1) is 8.18. The molecule has 3 heteroatoms. The lowest BCUT2D eigenvalue weighted by Crippen LogP contribution is -2.32. The molecule has 0 aliphatic heterocycles. The number of furan rings is 1. The Balaban J connectivity index is 1.93. The fourth-order valence-corrected chi connectivity index (χ4v) is 2.61. The summed E-state index contributed by atoms with van der Waals surface area (Å²) in [5.41, 5.74) is 0.922. The van der Waals surface area contributed by atoms with Crippen LogP contribution in [0.15, 0.2) is 16.7 Å². The van der Waals surface area contributed by atoms with Crippen LogP contribution in [0, 0.1) is 12.8 Å². The molecule has 0 aromatic carbocycles. The van der Waals surface area contributed by atoms with Crippen LogP contribution in [-0.4, -0.2) is 24.4 Å². The Morgan fingerprint density at radius 3 is 2.71 bits per heavy atom. The molecule has 1 amide bonds. The molecule has 1 aromatic heterocycles. The van der Waals surface area contributed by atoms with Gasteiger partial charge >= 0.3 is 0 Å². The fraction of sp³-hybridized carbons (Fsp3) is 0.643. The van der Waals surface area contributed by atoms with Gasteiger partial charge in [-0.05, 0) is 31.7 Å². The Hall–Kier alpha value is -1.25. The van der Waals surface area contributed by atoms with Crippen LogP contribution in [0.25, 0.3) is 0 Å². The van der Waals surface area contributed by atoms with Gasteiger partial charge in [-0.1, -0.05) is 19.3 Å². The number of hydrogen-bond acceptors (Lipinski definition) is 2. The van der Waals surface area contributed by atoms with Crippen LogP contribution in [0.2, 0.25) is 0 Å². The van der Waals surface area contributed by atoms with E-state index in [1.165, 1.54) is 32.1 Å². The largest absolute Gasteiger partial charge is 0.459 e. The third-order valence-electron chi connectivity index (χ3n) is 3.66. The fourth-order valence-electron chi connectivity index (χ4n) is 2.61. The number of carbonyl (C=O) groups is 1. The van der Waals surface area contributed by atoms with Gasteiger partial charge in [0, 0.05) is 19.2 Å². The Morgan fingerprint density at radius 2 is 2.12 bits per heavy atom. The normalized spacial score (nSPS) is 17.1. The third kappa shape index (κ3) is 2.90. The first-order valence-corrected chi connectivity index (χ1v) is 6.48. The van der Waals surface area contributed by atoms with E-state index >= 15 is 0 Å². The minimum Gasteiger partial charge on any atom is -0.459 e. The van der Waals surface area contributed by atoms with Crippen molar-refractivity contribution in [2.45, 2.75) is 39.0 Å². The van der Waals surface area contributed by atoms with Crippen LogP contribution in [0.3, 0.4) is 0 Å². The van der Waals surface area contributed by atoms with Gasteiger partial charge < -0.3 is 9.32 Å². The Kier molecular flexibility index (Phi) is 3.87. The summed E-state index contributed by atoms with van der Waals surface area (Å²) in [4.78, 5) is 13.9. The van der Waals surface area contributed by atoms with E-state index < -0.39 is 0 Å². The number of hydrogen-bond donors (Lipinski definition) is 0. The molecule has 17 heavy (non-hydrogen) atoms. The number of aryl methyl sites for hydroxylation is 1. The van der Waals surface area contributed by atoms with E-state index in [9.17, 15) is 4.79 Å². The molecule has 0 N–H and O–H groups in total.